The summed E-state index contributed by atoms with van der Waals surface area (Å²) in [7, 11) is 0. The van der Waals surface area contributed by atoms with Gasteiger partial charge in [0.25, 0.3) is 0 Å². The molecule has 2 aliphatic rings. The molecule has 2 atom stereocenters. The summed E-state index contributed by atoms with van der Waals surface area (Å²) >= 11 is 0. The first-order valence-corrected chi connectivity index (χ1v) is 7.39. The monoisotopic (exact) mass is 240 g/mol. The summed E-state index contributed by atoms with van der Waals surface area (Å²) in [5.74, 6) is 0.748. The third-order valence-electron chi connectivity index (χ3n) is 4.14. The lowest BCUT2D eigenvalue weighted by molar-refractivity contribution is 0.0539. The first-order chi connectivity index (χ1) is 8.36. The third-order valence-corrected chi connectivity index (χ3v) is 4.14. The van der Waals surface area contributed by atoms with Crippen molar-refractivity contribution in [2.24, 2.45) is 5.92 Å². The average molecular weight is 240 g/mol. The molecule has 0 spiro atoms. The largest absolute Gasteiger partial charge is 0.381 e. The fourth-order valence-corrected chi connectivity index (χ4v) is 2.95. The minimum atomic E-state index is 0.694. The van der Waals surface area contributed by atoms with Crippen molar-refractivity contribution in [3.8, 4) is 0 Å². The number of ether oxygens (including phenoxy) is 1. The molecule has 0 aromatic heterocycles. The molecule has 0 aromatic carbocycles. The lowest BCUT2D eigenvalue weighted by Crippen LogP contribution is -2.44. The average Bonchev–Trinajstić information content (AvgIpc) is 2.41. The fraction of sp³-hybridized carbons (Fsp3) is 1.00. The Labute approximate surface area is 106 Å². The second-order valence-electron chi connectivity index (χ2n) is 5.69. The molecular weight excluding hydrogens is 212 g/mol. The Morgan fingerprint density at radius 2 is 2.06 bits per heavy atom. The van der Waals surface area contributed by atoms with Gasteiger partial charge in [-0.2, -0.15) is 0 Å². The van der Waals surface area contributed by atoms with E-state index in [-0.39, 0.29) is 0 Å². The van der Waals surface area contributed by atoms with E-state index in [0.717, 1.165) is 32.2 Å². The highest BCUT2D eigenvalue weighted by atomic mass is 16.5. The van der Waals surface area contributed by atoms with Gasteiger partial charge in [0.05, 0.1) is 6.61 Å². The SMILES string of the molecule is CC(CNCC1CCCOC1)N1CCCCC1. The molecule has 0 amide bonds. The molecule has 0 saturated carbocycles. The number of hydrogen-bond donors (Lipinski definition) is 1. The Morgan fingerprint density at radius 1 is 1.24 bits per heavy atom. The molecule has 3 nitrogen and oxygen atoms in total. The van der Waals surface area contributed by atoms with Crippen LogP contribution in [0.25, 0.3) is 0 Å². The standard InChI is InChI=1S/C14H28N2O/c1-13(16-7-3-2-4-8-16)10-15-11-14-6-5-9-17-12-14/h13-15H,2-12H2,1H3. The number of piperidine rings is 1. The maximum absolute atomic E-state index is 5.51. The van der Waals surface area contributed by atoms with Crippen LogP contribution in [-0.4, -0.2) is 50.3 Å². The molecule has 2 saturated heterocycles. The van der Waals surface area contributed by atoms with Gasteiger partial charge in [0.2, 0.25) is 0 Å². The Balaban J connectivity index is 1.57. The number of nitrogens with zero attached hydrogens (tertiary/aromatic N) is 1. The maximum Gasteiger partial charge on any atom is 0.0506 e. The highest BCUT2D eigenvalue weighted by Gasteiger charge is 2.17. The van der Waals surface area contributed by atoms with Crippen molar-refractivity contribution in [1.82, 2.24) is 10.2 Å². The second kappa shape index (κ2) is 7.34. The summed E-state index contributed by atoms with van der Waals surface area (Å²) in [4.78, 5) is 2.63. The highest BCUT2D eigenvalue weighted by molar-refractivity contribution is 4.74. The zero-order valence-electron chi connectivity index (χ0n) is 11.3. The molecule has 3 heteroatoms. The van der Waals surface area contributed by atoms with E-state index in [2.05, 4.69) is 17.1 Å². The van der Waals surface area contributed by atoms with E-state index >= 15 is 0 Å². The van der Waals surface area contributed by atoms with Crippen LogP contribution in [0.15, 0.2) is 0 Å². The van der Waals surface area contributed by atoms with Crippen molar-refractivity contribution in [2.75, 3.05) is 39.4 Å². The van der Waals surface area contributed by atoms with Crippen LogP contribution in [0.5, 0.6) is 0 Å². The van der Waals surface area contributed by atoms with Gasteiger partial charge in [0.1, 0.15) is 0 Å². The Bertz CT molecular complexity index is 198. The summed E-state index contributed by atoms with van der Waals surface area (Å²) in [6.45, 7) is 9.17. The highest BCUT2D eigenvalue weighted by Crippen LogP contribution is 2.13. The predicted molar refractivity (Wildman–Crippen MR) is 71.3 cm³/mol. The zero-order chi connectivity index (χ0) is 11.9. The number of nitrogens with one attached hydrogen (secondary N) is 1. The Kier molecular flexibility index (Phi) is 5.75. The van der Waals surface area contributed by atoms with Crippen LogP contribution in [-0.2, 0) is 4.74 Å². The Morgan fingerprint density at radius 3 is 2.76 bits per heavy atom. The van der Waals surface area contributed by atoms with Crippen molar-refractivity contribution >= 4 is 0 Å². The van der Waals surface area contributed by atoms with Crippen LogP contribution < -0.4 is 5.32 Å². The van der Waals surface area contributed by atoms with Gasteiger partial charge in [0.15, 0.2) is 0 Å². The molecule has 100 valence electrons. The van der Waals surface area contributed by atoms with Crippen LogP contribution in [0.3, 0.4) is 0 Å². The molecule has 0 radical (unpaired) electrons. The summed E-state index contributed by atoms with van der Waals surface area (Å²) in [5.41, 5.74) is 0. The zero-order valence-corrected chi connectivity index (χ0v) is 11.3. The molecular formula is C14H28N2O. The summed E-state index contributed by atoms with van der Waals surface area (Å²) < 4.78 is 5.51. The van der Waals surface area contributed by atoms with E-state index in [1.165, 1.54) is 45.2 Å². The van der Waals surface area contributed by atoms with Crippen molar-refractivity contribution in [1.29, 1.82) is 0 Å². The third kappa shape index (κ3) is 4.57. The summed E-state index contributed by atoms with van der Waals surface area (Å²) in [5, 5.41) is 3.63. The first kappa shape index (κ1) is 13.3. The molecule has 2 aliphatic heterocycles. The minimum Gasteiger partial charge on any atom is -0.381 e. The van der Waals surface area contributed by atoms with Gasteiger partial charge in [-0.25, -0.2) is 0 Å². The van der Waals surface area contributed by atoms with Gasteiger partial charge >= 0.3 is 0 Å². The van der Waals surface area contributed by atoms with Crippen LogP contribution >= 0.6 is 0 Å². The molecule has 0 bridgehead atoms. The molecule has 17 heavy (non-hydrogen) atoms. The summed E-state index contributed by atoms with van der Waals surface area (Å²) in [6.07, 6.45) is 6.79. The van der Waals surface area contributed by atoms with E-state index in [1.807, 2.05) is 0 Å². The van der Waals surface area contributed by atoms with Crippen LogP contribution in [0.4, 0.5) is 0 Å². The van der Waals surface area contributed by atoms with Gasteiger partial charge in [-0.3, -0.25) is 4.90 Å². The second-order valence-corrected chi connectivity index (χ2v) is 5.69. The van der Waals surface area contributed by atoms with E-state index in [0.29, 0.717) is 6.04 Å². The maximum atomic E-state index is 5.51. The topological polar surface area (TPSA) is 24.5 Å². The molecule has 2 rings (SSSR count). The number of rotatable bonds is 5. The fourth-order valence-electron chi connectivity index (χ4n) is 2.95. The molecule has 0 aliphatic carbocycles. The smallest absolute Gasteiger partial charge is 0.0506 e. The van der Waals surface area contributed by atoms with E-state index in [9.17, 15) is 0 Å². The summed E-state index contributed by atoms with van der Waals surface area (Å²) in [6, 6.07) is 0.694. The van der Waals surface area contributed by atoms with E-state index in [4.69, 9.17) is 4.74 Å². The van der Waals surface area contributed by atoms with Crippen LogP contribution in [0.1, 0.15) is 39.0 Å². The van der Waals surface area contributed by atoms with Crippen LogP contribution in [0.2, 0.25) is 0 Å². The van der Waals surface area contributed by atoms with Gasteiger partial charge in [-0.05, 0) is 51.6 Å². The van der Waals surface area contributed by atoms with E-state index < -0.39 is 0 Å². The van der Waals surface area contributed by atoms with Crippen molar-refractivity contribution in [3.63, 3.8) is 0 Å². The van der Waals surface area contributed by atoms with Crippen LogP contribution in [0, 0.1) is 5.92 Å². The number of likely N-dealkylation sites (tertiary alicyclic amines) is 1. The van der Waals surface area contributed by atoms with Crippen molar-refractivity contribution in [3.05, 3.63) is 0 Å². The molecule has 1 N–H and O–H groups in total. The minimum absolute atomic E-state index is 0.694. The molecule has 2 fully saturated rings. The number of hydrogen-bond acceptors (Lipinski definition) is 3. The quantitative estimate of drug-likeness (QED) is 0.794. The van der Waals surface area contributed by atoms with Crippen molar-refractivity contribution < 1.29 is 4.74 Å². The molecule has 2 unspecified atom stereocenters. The van der Waals surface area contributed by atoms with Crippen molar-refractivity contribution in [2.45, 2.75) is 45.1 Å². The molecule has 0 aromatic rings. The van der Waals surface area contributed by atoms with Gasteiger partial charge in [0, 0.05) is 25.7 Å². The lowest BCUT2D eigenvalue weighted by Gasteiger charge is -2.33. The van der Waals surface area contributed by atoms with E-state index in [1.54, 1.807) is 0 Å². The predicted octanol–water partition coefficient (Wildman–Crippen LogP) is 1.88. The lowest BCUT2D eigenvalue weighted by atomic mass is 10.0. The van der Waals surface area contributed by atoms with Gasteiger partial charge in [-0.15, -0.1) is 0 Å². The first-order valence-electron chi connectivity index (χ1n) is 7.39. The Hall–Kier alpha value is -0.120. The normalized spacial score (nSPS) is 29.1. The molecule has 2 heterocycles. The van der Waals surface area contributed by atoms with Gasteiger partial charge in [-0.1, -0.05) is 6.42 Å². The van der Waals surface area contributed by atoms with Gasteiger partial charge < -0.3 is 10.1 Å².